The maximum Gasteiger partial charge on any atom is 0.348 e. The molecule has 0 unspecified atom stereocenters. The molecule has 3 nitrogen and oxygen atoms in total. The van der Waals surface area contributed by atoms with Crippen LogP contribution in [-0.2, 0) is 6.54 Å². The van der Waals surface area contributed by atoms with E-state index in [0.717, 1.165) is 23.9 Å². The highest BCUT2D eigenvalue weighted by molar-refractivity contribution is 5.76. The van der Waals surface area contributed by atoms with Gasteiger partial charge in [0.2, 0.25) is 0 Å². The van der Waals surface area contributed by atoms with E-state index in [2.05, 4.69) is 4.98 Å². The molecule has 0 aliphatic rings. The third-order valence-corrected chi connectivity index (χ3v) is 2.16. The zero-order valence-electron chi connectivity index (χ0n) is 8.10. The van der Waals surface area contributed by atoms with Gasteiger partial charge in [-0.15, -0.1) is 0 Å². The minimum Gasteiger partial charge on any atom is -0.299 e. The van der Waals surface area contributed by atoms with Gasteiger partial charge in [-0.3, -0.25) is 4.57 Å². The summed E-state index contributed by atoms with van der Waals surface area (Å²) in [6.45, 7) is 2.78. The largest absolute Gasteiger partial charge is 0.348 e. The average molecular weight is 188 g/mol. The van der Waals surface area contributed by atoms with Crippen LogP contribution in [-0.4, -0.2) is 9.55 Å². The molecule has 0 radical (unpaired) electrons. The van der Waals surface area contributed by atoms with Gasteiger partial charge < -0.3 is 0 Å². The number of hydrogen-bond donors (Lipinski definition) is 0. The van der Waals surface area contributed by atoms with Crippen LogP contribution in [0.25, 0.3) is 10.9 Å². The van der Waals surface area contributed by atoms with Gasteiger partial charge in [-0.2, -0.15) is 4.98 Å². The molecule has 0 bridgehead atoms. The Balaban J connectivity index is 2.65. The van der Waals surface area contributed by atoms with Gasteiger partial charge in [0.15, 0.2) is 0 Å². The summed E-state index contributed by atoms with van der Waals surface area (Å²) in [5.41, 5.74) is 0.607. The van der Waals surface area contributed by atoms with Gasteiger partial charge in [-0.25, -0.2) is 4.79 Å². The molecule has 1 aromatic carbocycles. The number of benzene rings is 1. The summed E-state index contributed by atoms with van der Waals surface area (Å²) in [5, 5.41) is 1.01. The number of hydrogen-bond acceptors (Lipinski definition) is 2. The van der Waals surface area contributed by atoms with Crippen molar-refractivity contribution in [3.63, 3.8) is 0 Å². The van der Waals surface area contributed by atoms with Gasteiger partial charge in [-0.1, -0.05) is 25.1 Å². The van der Waals surface area contributed by atoms with Crippen molar-refractivity contribution in [3.05, 3.63) is 40.9 Å². The van der Waals surface area contributed by atoms with Crippen molar-refractivity contribution in [1.82, 2.24) is 9.55 Å². The van der Waals surface area contributed by atoms with Gasteiger partial charge >= 0.3 is 5.69 Å². The number of nitrogens with zero attached hydrogens (tertiary/aromatic N) is 2. The first kappa shape index (κ1) is 8.94. The van der Waals surface area contributed by atoms with Crippen LogP contribution in [0.1, 0.15) is 13.3 Å². The van der Waals surface area contributed by atoms with E-state index >= 15 is 0 Å². The van der Waals surface area contributed by atoms with Crippen molar-refractivity contribution in [2.75, 3.05) is 0 Å². The second-order valence-electron chi connectivity index (χ2n) is 3.28. The van der Waals surface area contributed by atoms with E-state index in [1.54, 1.807) is 4.57 Å². The normalized spacial score (nSPS) is 10.6. The van der Waals surface area contributed by atoms with Crippen LogP contribution in [0.4, 0.5) is 0 Å². The molecule has 72 valence electrons. The lowest BCUT2D eigenvalue weighted by atomic mass is 10.2. The molecule has 1 heterocycles. The molecule has 0 fully saturated rings. The van der Waals surface area contributed by atoms with E-state index in [-0.39, 0.29) is 5.69 Å². The molecular formula is C11H12N2O. The molecule has 0 saturated heterocycles. The fraction of sp³-hybridized carbons (Fsp3) is 0.273. The van der Waals surface area contributed by atoms with E-state index in [0.29, 0.717) is 0 Å². The van der Waals surface area contributed by atoms with Crippen molar-refractivity contribution < 1.29 is 0 Å². The van der Waals surface area contributed by atoms with Crippen molar-refractivity contribution in [2.24, 2.45) is 0 Å². The number of aromatic nitrogens is 2. The van der Waals surface area contributed by atoms with E-state index in [9.17, 15) is 4.79 Å². The minimum atomic E-state index is -0.162. The van der Waals surface area contributed by atoms with Gasteiger partial charge in [0.05, 0.1) is 5.52 Å². The molecule has 0 saturated carbocycles. The average Bonchev–Trinajstić information content (AvgIpc) is 2.19. The third kappa shape index (κ3) is 1.53. The Morgan fingerprint density at radius 3 is 2.93 bits per heavy atom. The summed E-state index contributed by atoms with van der Waals surface area (Å²) < 4.78 is 1.66. The Labute approximate surface area is 82.0 Å². The molecule has 1 aromatic heterocycles. The van der Waals surface area contributed by atoms with Crippen molar-refractivity contribution in [3.8, 4) is 0 Å². The summed E-state index contributed by atoms with van der Waals surface area (Å²) in [5.74, 6) is 0. The molecule has 0 aliphatic carbocycles. The predicted octanol–water partition coefficient (Wildman–Crippen LogP) is 1.81. The van der Waals surface area contributed by atoms with Crippen molar-refractivity contribution in [2.45, 2.75) is 19.9 Å². The van der Waals surface area contributed by atoms with Gasteiger partial charge in [-0.05, 0) is 12.5 Å². The number of fused-ring (bicyclic) bond motifs is 1. The smallest absolute Gasteiger partial charge is 0.299 e. The zero-order chi connectivity index (χ0) is 9.97. The van der Waals surface area contributed by atoms with Crippen LogP contribution in [0.3, 0.4) is 0 Å². The summed E-state index contributed by atoms with van der Waals surface area (Å²) in [6.07, 6.45) is 2.81. The Hall–Kier alpha value is -1.64. The first-order chi connectivity index (χ1) is 6.81. The van der Waals surface area contributed by atoms with Crippen LogP contribution in [0, 0.1) is 0 Å². The Morgan fingerprint density at radius 2 is 2.14 bits per heavy atom. The van der Waals surface area contributed by atoms with Crippen LogP contribution in [0.2, 0.25) is 0 Å². The second kappa shape index (κ2) is 3.62. The van der Waals surface area contributed by atoms with E-state index in [1.807, 2.05) is 37.4 Å². The fourth-order valence-electron chi connectivity index (χ4n) is 1.49. The summed E-state index contributed by atoms with van der Waals surface area (Å²) in [6, 6.07) is 7.66. The second-order valence-corrected chi connectivity index (χ2v) is 3.28. The quantitative estimate of drug-likeness (QED) is 0.720. The molecule has 3 heteroatoms. The number of aryl methyl sites for hydroxylation is 1. The van der Waals surface area contributed by atoms with Crippen LogP contribution in [0.15, 0.2) is 35.3 Å². The fourth-order valence-corrected chi connectivity index (χ4v) is 1.49. The third-order valence-electron chi connectivity index (χ3n) is 2.16. The summed E-state index contributed by atoms with van der Waals surface area (Å²) in [4.78, 5) is 15.5. The number of rotatable bonds is 2. The van der Waals surface area contributed by atoms with Crippen LogP contribution < -0.4 is 5.69 Å². The molecule has 14 heavy (non-hydrogen) atoms. The van der Waals surface area contributed by atoms with E-state index in [4.69, 9.17) is 0 Å². The minimum absolute atomic E-state index is 0.162. The van der Waals surface area contributed by atoms with Crippen LogP contribution in [0.5, 0.6) is 0 Å². The van der Waals surface area contributed by atoms with Gasteiger partial charge in [0.25, 0.3) is 0 Å². The molecular weight excluding hydrogens is 176 g/mol. The van der Waals surface area contributed by atoms with Crippen molar-refractivity contribution >= 4 is 10.9 Å². The Bertz CT molecular complexity index is 502. The first-order valence-electron chi connectivity index (χ1n) is 4.77. The molecule has 2 rings (SSSR count). The Morgan fingerprint density at radius 1 is 1.36 bits per heavy atom. The molecule has 0 aliphatic heterocycles. The Kier molecular flexibility index (Phi) is 2.31. The maximum atomic E-state index is 11.5. The van der Waals surface area contributed by atoms with Gasteiger partial charge in [0, 0.05) is 18.1 Å². The molecule has 0 spiro atoms. The summed E-state index contributed by atoms with van der Waals surface area (Å²) in [7, 11) is 0. The highest BCUT2D eigenvalue weighted by Gasteiger charge is 1.98. The van der Waals surface area contributed by atoms with Gasteiger partial charge in [0.1, 0.15) is 0 Å². The number of para-hydroxylation sites is 1. The molecule has 0 atom stereocenters. The lowest BCUT2D eigenvalue weighted by Crippen LogP contribution is -2.21. The lowest BCUT2D eigenvalue weighted by molar-refractivity contribution is 0.642. The van der Waals surface area contributed by atoms with Crippen molar-refractivity contribution in [1.29, 1.82) is 0 Å². The lowest BCUT2D eigenvalue weighted by Gasteiger charge is -2.03. The first-order valence-corrected chi connectivity index (χ1v) is 4.77. The maximum absolute atomic E-state index is 11.5. The molecule has 0 amide bonds. The topological polar surface area (TPSA) is 34.9 Å². The standard InChI is InChI=1S/C11H12N2O/c1-2-7-13-8-9-5-3-4-6-10(9)12-11(13)14/h3-6,8H,2,7H2,1H3. The summed E-state index contributed by atoms with van der Waals surface area (Å²) >= 11 is 0. The monoisotopic (exact) mass is 188 g/mol. The SMILES string of the molecule is CCCn1cc2ccccc2nc1=O. The highest BCUT2D eigenvalue weighted by atomic mass is 16.1. The predicted molar refractivity (Wildman–Crippen MR) is 56.3 cm³/mol. The van der Waals surface area contributed by atoms with Crippen LogP contribution >= 0.6 is 0 Å². The van der Waals surface area contributed by atoms with E-state index in [1.165, 1.54) is 0 Å². The zero-order valence-corrected chi connectivity index (χ0v) is 8.10. The van der Waals surface area contributed by atoms with E-state index < -0.39 is 0 Å². The molecule has 0 N–H and O–H groups in total. The highest BCUT2D eigenvalue weighted by Crippen LogP contribution is 2.07. The molecule has 2 aromatic rings.